The smallest absolute Gasteiger partial charge is 0.308 e. The van der Waals surface area contributed by atoms with Crippen LogP contribution in [0.25, 0.3) is 0 Å². The van der Waals surface area contributed by atoms with Crippen LogP contribution in [0.5, 0.6) is 0 Å². The maximum atomic E-state index is 11.3. The number of carbonyl (C=O) groups is 1. The summed E-state index contributed by atoms with van der Waals surface area (Å²) in [6.07, 6.45) is 0.228. The Morgan fingerprint density at radius 3 is 3.16 bits per heavy atom. The molecule has 0 unspecified atom stereocenters. The Bertz CT molecular complexity index is 436. The van der Waals surface area contributed by atoms with Crippen LogP contribution in [-0.4, -0.2) is 43.8 Å². The van der Waals surface area contributed by atoms with E-state index in [1.807, 2.05) is 18.2 Å². The molecule has 1 aromatic carbocycles. The molecule has 2 rings (SSSR count). The van der Waals surface area contributed by atoms with Crippen LogP contribution in [-0.2, 0) is 20.8 Å². The third-order valence-electron chi connectivity index (χ3n) is 3.20. The van der Waals surface area contributed by atoms with Crippen molar-refractivity contribution in [3.05, 3.63) is 29.8 Å². The molecule has 0 saturated carbocycles. The number of hydrogen-bond acceptors (Lipinski definition) is 5. The largest absolute Gasteiger partial charge is 0.469 e. The first-order chi connectivity index (χ1) is 9.17. The summed E-state index contributed by atoms with van der Waals surface area (Å²) in [6.45, 7) is 3.08. The predicted octanol–water partition coefficient (Wildman–Crippen LogP) is 1.03. The van der Waals surface area contributed by atoms with Crippen molar-refractivity contribution in [2.75, 3.05) is 32.5 Å². The lowest BCUT2D eigenvalue weighted by Gasteiger charge is -2.32. The first-order valence-electron chi connectivity index (χ1n) is 6.42. The van der Waals surface area contributed by atoms with E-state index in [9.17, 15) is 4.79 Å². The molecule has 0 aliphatic carbocycles. The highest BCUT2D eigenvalue weighted by Crippen LogP contribution is 2.14. The number of anilines is 1. The van der Waals surface area contributed by atoms with Crippen LogP contribution in [0.1, 0.15) is 12.0 Å². The van der Waals surface area contributed by atoms with Gasteiger partial charge in [-0.3, -0.25) is 9.69 Å². The monoisotopic (exact) mass is 264 g/mol. The summed E-state index contributed by atoms with van der Waals surface area (Å²) in [5.74, 6) is -0.226. The Kier molecular flexibility index (Phi) is 4.76. The van der Waals surface area contributed by atoms with E-state index < -0.39 is 0 Å². The molecule has 1 heterocycles. The van der Waals surface area contributed by atoms with Gasteiger partial charge in [0.15, 0.2) is 0 Å². The molecule has 0 bridgehead atoms. The maximum absolute atomic E-state index is 11.3. The Balaban J connectivity index is 1.89. The Labute approximate surface area is 113 Å². The van der Waals surface area contributed by atoms with Crippen LogP contribution in [0.2, 0.25) is 0 Å². The van der Waals surface area contributed by atoms with E-state index in [0.717, 1.165) is 25.3 Å². The summed E-state index contributed by atoms with van der Waals surface area (Å²) in [5.41, 5.74) is 7.72. The molecule has 0 spiro atoms. The fourth-order valence-electron chi connectivity index (χ4n) is 2.27. The van der Waals surface area contributed by atoms with Crippen LogP contribution in [0, 0.1) is 0 Å². The molecule has 1 aliphatic rings. The number of nitrogens with two attached hydrogens (primary N) is 1. The van der Waals surface area contributed by atoms with Crippen molar-refractivity contribution in [2.45, 2.75) is 19.1 Å². The lowest BCUT2D eigenvalue weighted by molar-refractivity contribution is -0.145. The molecule has 0 amide bonds. The zero-order valence-corrected chi connectivity index (χ0v) is 11.2. The second-order valence-electron chi connectivity index (χ2n) is 4.75. The van der Waals surface area contributed by atoms with Crippen LogP contribution < -0.4 is 5.73 Å². The number of benzene rings is 1. The lowest BCUT2D eigenvalue weighted by atomic mass is 10.1. The molecule has 2 N–H and O–H groups in total. The van der Waals surface area contributed by atoms with Gasteiger partial charge in [-0.05, 0) is 17.7 Å². The standard InChI is InChI=1S/C14H20N2O3/c1-18-14(17)8-13-10-16(5-6-19-13)9-11-3-2-4-12(15)7-11/h2-4,7,13H,5-6,8-10,15H2,1H3/t13-/m1/s1. The van der Waals surface area contributed by atoms with E-state index in [1.165, 1.54) is 12.7 Å². The highest BCUT2D eigenvalue weighted by atomic mass is 16.5. The van der Waals surface area contributed by atoms with E-state index in [0.29, 0.717) is 13.0 Å². The Morgan fingerprint density at radius 2 is 2.42 bits per heavy atom. The first-order valence-corrected chi connectivity index (χ1v) is 6.42. The number of rotatable bonds is 4. The van der Waals surface area contributed by atoms with Gasteiger partial charge >= 0.3 is 5.97 Å². The van der Waals surface area contributed by atoms with Gasteiger partial charge in [0.25, 0.3) is 0 Å². The molecule has 0 aromatic heterocycles. The van der Waals surface area contributed by atoms with Gasteiger partial charge in [-0.25, -0.2) is 0 Å². The minimum Gasteiger partial charge on any atom is -0.469 e. The average molecular weight is 264 g/mol. The molecule has 1 saturated heterocycles. The number of esters is 1. The molecule has 5 heteroatoms. The van der Waals surface area contributed by atoms with Gasteiger partial charge < -0.3 is 15.2 Å². The van der Waals surface area contributed by atoms with Crippen LogP contribution in [0.4, 0.5) is 5.69 Å². The summed E-state index contributed by atoms with van der Waals surface area (Å²) < 4.78 is 10.2. The molecule has 0 radical (unpaired) electrons. The Hall–Kier alpha value is -1.59. The van der Waals surface area contributed by atoms with Gasteiger partial charge in [-0.2, -0.15) is 0 Å². The molecule has 19 heavy (non-hydrogen) atoms. The van der Waals surface area contributed by atoms with E-state index in [-0.39, 0.29) is 12.1 Å². The van der Waals surface area contributed by atoms with Crippen LogP contribution >= 0.6 is 0 Å². The average Bonchev–Trinajstić information content (AvgIpc) is 2.39. The molecule has 1 aliphatic heterocycles. The Morgan fingerprint density at radius 1 is 1.58 bits per heavy atom. The van der Waals surface area contributed by atoms with Gasteiger partial charge in [-0.1, -0.05) is 12.1 Å². The molecule has 1 fully saturated rings. The number of hydrogen-bond donors (Lipinski definition) is 1. The first kappa shape index (κ1) is 13.8. The second-order valence-corrected chi connectivity index (χ2v) is 4.75. The summed E-state index contributed by atoms with van der Waals surface area (Å²) in [6, 6.07) is 7.87. The van der Waals surface area contributed by atoms with E-state index >= 15 is 0 Å². The number of methoxy groups -OCH3 is 1. The predicted molar refractivity (Wildman–Crippen MR) is 72.5 cm³/mol. The van der Waals surface area contributed by atoms with Crippen molar-refractivity contribution in [2.24, 2.45) is 0 Å². The number of ether oxygens (including phenoxy) is 2. The minimum atomic E-state index is -0.226. The topological polar surface area (TPSA) is 64.8 Å². The van der Waals surface area contributed by atoms with E-state index in [4.69, 9.17) is 10.5 Å². The number of carbonyl (C=O) groups excluding carboxylic acids is 1. The zero-order chi connectivity index (χ0) is 13.7. The zero-order valence-electron chi connectivity index (χ0n) is 11.2. The summed E-state index contributed by atoms with van der Waals surface area (Å²) in [7, 11) is 1.40. The van der Waals surface area contributed by atoms with Crippen molar-refractivity contribution < 1.29 is 14.3 Å². The fourth-order valence-corrected chi connectivity index (χ4v) is 2.27. The molecular weight excluding hydrogens is 244 g/mol. The minimum absolute atomic E-state index is 0.0812. The molecule has 104 valence electrons. The summed E-state index contributed by atoms with van der Waals surface area (Å²) >= 11 is 0. The van der Waals surface area contributed by atoms with Gasteiger partial charge in [0, 0.05) is 25.3 Å². The van der Waals surface area contributed by atoms with Gasteiger partial charge in [-0.15, -0.1) is 0 Å². The summed E-state index contributed by atoms with van der Waals surface area (Å²) in [4.78, 5) is 13.5. The quantitative estimate of drug-likeness (QED) is 0.650. The van der Waals surface area contributed by atoms with Gasteiger partial charge in [0.1, 0.15) is 0 Å². The lowest BCUT2D eigenvalue weighted by Crippen LogP contribution is -2.42. The SMILES string of the molecule is COC(=O)C[C@@H]1CN(Cc2cccc(N)c2)CCO1. The maximum Gasteiger partial charge on any atom is 0.308 e. The highest BCUT2D eigenvalue weighted by molar-refractivity contribution is 5.69. The third-order valence-corrected chi connectivity index (χ3v) is 3.20. The molecule has 1 aromatic rings. The number of morpholine rings is 1. The summed E-state index contributed by atoms with van der Waals surface area (Å²) in [5, 5.41) is 0. The second kappa shape index (κ2) is 6.54. The highest BCUT2D eigenvalue weighted by Gasteiger charge is 2.23. The van der Waals surface area contributed by atoms with Crippen molar-refractivity contribution in [1.29, 1.82) is 0 Å². The van der Waals surface area contributed by atoms with Crippen LogP contribution in [0.3, 0.4) is 0 Å². The normalized spacial score (nSPS) is 20.2. The number of nitrogens with zero attached hydrogens (tertiary/aromatic N) is 1. The van der Waals surface area contributed by atoms with Crippen LogP contribution in [0.15, 0.2) is 24.3 Å². The molecular formula is C14H20N2O3. The molecule has 5 nitrogen and oxygen atoms in total. The van der Waals surface area contributed by atoms with E-state index in [2.05, 4.69) is 15.7 Å². The van der Waals surface area contributed by atoms with Gasteiger partial charge in [0.2, 0.25) is 0 Å². The van der Waals surface area contributed by atoms with Crippen molar-refractivity contribution in [3.63, 3.8) is 0 Å². The van der Waals surface area contributed by atoms with E-state index in [1.54, 1.807) is 0 Å². The fraction of sp³-hybridized carbons (Fsp3) is 0.500. The number of nitrogen functional groups attached to an aromatic ring is 1. The third kappa shape index (κ3) is 4.22. The van der Waals surface area contributed by atoms with Crippen molar-refractivity contribution >= 4 is 11.7 Å². The van der Waals surface area contributed by atoms with Crippen molar-refractivity contribution in [1.82, 2.24) is 4.90 Å². The van der Waals surface area contributed by atoms with Gasteiger partial charge in [0.05, 0.1) is 26.2 Å². The molecule has 1 atom stereocenters. The van der Waals surface area contributed by atoms with Crippen molar-refractivity contribution in [3.8, 4) is 0 Å².